The predicted molar refractivity (Wildman–Crippen MR) is 334 cm³/mol. The lowest BCUT2D eigenvalue weighted by molar-refractivity contribution is 0.669. The molecule has 0 radical (unpaired) electrons. The van der Waals surface area contributed by atoms with Crippen molar-refractivity contribution >= 4 is 170 Å². The highest BCUT2D eigenvalue weighted by Gasteiger charge is 2.31. The van der Waals surface area contributed by atoms with E-state index in [-0.39, 0.29) is 0 Å². The van der Waals surface area contributed by atoms with Crippen LogP contribution >= 0.6 is 0 Å². The van der Waals surface area contributed by atoms with Gasteiger partial charge in [0.05, 0.1) is 27.5 Å². The lowest BCUT2D eigenvalue weighted by atomic mass is 10.0. The molecule has 0 amide bonds. The number of hydrogen-bond donors (Lipinski definition) is 0. The molecular formula is C70H54N2O3Si2. The van der Waals surface area contributed by atoms with Crippen molar-refractivity contribution in [3.05, 3.63) is 218 Å². The molecule has 12 aromatic carbocycles. The van der Waals surface area contributed by atoms with Crippen molar-refractivity contribution < 1.29 is 13.3 Å². The van der Waals surface area contributed by atoms with E-state index in [1.165, 1.54) is 43.3 Å². The Kier molecular flexibility index (Phi) is 9.93. The summed E-state index contributed by atoms with van der Waals surface area (Å²) in [4.78, 5) is 4.89. The minimum absolute atomic E-state index is 0.855. The van der Waals surface area contributed by atoms with Crippen molar-refractivity contribution in [2.45, 2.75) is 39.3 Å². The molecular weight excluding hydrogens is 973 g/mol. The Balaban J connectivity index is 0.907. The van der Waals surface area contributed by atoms with Crippen LogP contribution in [0.25, 0.3) is 109 Å². The van der Waals surface area contributed by atoms with Crippen LogP contribution in [-0.2, 0) is 0 Å². The molecule has 0 spiro atoms. The molecule has 0 saturated heterocycles. The maximum atomic E-state index is 6.97. The third kappa shape index (κ3) is 7.18. The van der Waals surface area contributed by atoms with Gasteiger partial charge in [-0.25, -0.2) is 0 Å². The summed E-state index contributed by atoms with van der Waals surface area (Å²) in [7, 11) is -3.95. The SMILES string of the molecule is C[Si](C)(C)c1c(N(c2ccc3cc4c(cc3c2)oc2cc3cc(N(c5ccc6ccccc6c5[Si](C)(C)C)c5cccc6c5oc5ccccc56)ccc3cc24)c2cccc3c2oc2ccccc23)ccc2ccccc12. The number of furan rings is 3. The summed E-state index contributed by atoms with van der Waals surface area (Å²) >= 11 is 0. The summed E-state index contributed by atoms with van der Waals surface area (Å²) in [5.74, 6) is 0. The van der Waals surface area contributed by atoms with Gasteiger partial charge >= 0.3 is 0 Å². The molecule has 0 N–H and O–H groups in total. The van der Waals surface area contributed by atoms with Crippen molar-refractivity contribution in [1.82, 2.24) is 0 Å². The number of nitrogens with zero attached hydrogens (tertiary/aromatic N) is 2. The van der Waals surface area contributed by atoms with Crippen LogP contribution in [0.3, 0.4) is 0 Å². The first-order valence-electron chi connectivity index (χ1n) is 26.7. The largest absolute Gasteiger partial charge is 0.456 e. The van der Waals surface area contributed by atoms with Crippen molar-refractivity contribution in [2.75, 3.05) is 9.80 Å². The molecule has 0 aliphatic rings. The van der Waals surface area contributed by atoms with Gasteiger partial charge in [-0.1, -0.05) is 173 Å². The number of benzene rings is 12. The zero-order valence-corrected chi connectivity index (χ0v) is 45.9. The summed E-state index contributed by atoms with van der Waals surface area (Å²) in [6.07, 6.45) is 0. The second-order valence-corrected chi connectivity index (χ2v) is 32.9. The third-order valence-corrected chi connectivity index (χ3v) is 20.0. The van der Waals surface area contributed by atoms with Gasteiger partial charge in [0.2, 0.25) is 0 Å². The first kappa shape index (κ1) is 45.5. The number of anilines is 6. The van der Waals surface area contributed by atoms with E-state index < -0.39 is 16.1 Å². The molecule has 0 bridgehead atoms. The third-order valence-electron chi connectivity index (χ3n) is 15.9. The van der Waals surface area contributed by atoms with Gasteiger partial charge in [-0.05, 0) is 138 Å². The van der Waals surface area contributed by atoms with Crippen molar-refractivity contribution in [3.8, 4) is 0 Å². The van der Waals surface area contributed by atoms with E-state index in [0.29, 0.717) is 0 Å². The fourth-order valence-corrected chi connectivity index (χ4v) is 16.6. The second kappa shape index (κ2) is 16.8. The quantitative estimate of drug-likeness (QED) is 0.142. The lowest BCUT2D eigenvalue weighted by Crippen LogP contribution is -2.41. The normalized spacial score (nSPS) is 12.5. The van der Waals surface area contributed by atoms with Gasteiger partial charge in [0, 0.05) is 55.1 Å². The molecule has 0 fully saturated rings. The molecule has 7 heteroatoms. The summed E-state index contributed by atoms with van der Waals surface area (Å²) < 4.78 is 20.6. The van der Waals surface area contributed by atoms with Gasteiger partial charge in [-0.3, -0.25) is 0 Å². The maximum absolute atomic E-state index is 6.97. The number of para-hydroxylation sites is 4. The Bertz CT molecular complexity index is 4620. The molecule has 0 aliphatic heterocycles. The minimum Gasteiger partial charge on any atom is -0.456 e. The Labute approximate surface area is 447 Å². The standard InChI is InChI=1S/C70H54N2O3Si2/c1-76(2,3)69-51-19-9-7-17-43(51)31-35-61(69)71(59-25-15-23-55-53-21-11-13-27-63(53)74-67(55)59)49-33-29-45-39-57-58-40-46-30-34-50(38-48(46)42-66(58)73-65(57)41-47(45)37-49)72(60-26-16-24-56-54-22-12-14-28-64(54)75-68(56)60)62-36-32-44-18-8-10-20-52(44)70(62)77(4,5)6/h7-42H,1-6H3. The van der Waals surface area contributed by atoms with Gasteiger partial charge < -0.3 is 23.1 Å². The lowest BCUT2D eigenvalue weighted by Gasteiger charge is -2.32. The van der Waals surface area contributed by atoms with Gasteiger partial charge in [-0.2, -0.15) is 0 Å². The van der Waals surface area contributed by atoms with Crippen LogP contribution in [0.5, 0.6) is 0 Å². The summed E-state index contributed by atoms with van der Waals surface area (Å²) in [6, 6.07) is 79.6. The monoisotopic (exact) mass is 1030 g/mol. The molecule has 5 nitrogen and oxygen atoms in total. The Morgan fingerprint density at radius 3 is 1.09 bits per heavy atom. The topological polar surface area (TPSA) is 45.9 Å². The van der Waals surface area contributed by atoms with E-state index in [9.17, 15) is 0 Å². The molecule has 0 unspecified atom stereocenters. The number of fused-ring (bicyclic) bond motifs is 13. The van der Waals surface area contributed by atoms with Crippen molar-refractivity contribution in [1.29, 1.82) is 0 Å². The van der Waals surface area contributed by atoms with E-state index in [1.807, 2.05) is 12.1 Å². The molecule has 0 aliphatic carbocycles. The van der Waals surface area contributed by atoms with Crippen LogP contribution in [0, 0.1) is 0 Å². The second-order valence-electron chi connectivity index (χ2n) is 22.9. The summed E-state index contributed by atoms with van der Waals surface area (Å²) in [5.41, 5.74) is 11.7. The maximum Gasteiger partial charge on any atom is 0.159 e. The average Bonchev–Trinajstić information content (AvgIpc) is 4.13. The van der Waals surface area contributed by atoms with Crippen LogP contribution in [0.15, 0.2) is 232 Å². The predicted octanol–water partition coefficient (Wildman–Crippen LogP) is 20.0. The Morgan fingerprint density at radius 1 is 0.260 bits per heavy atom. The minimum atomic E-state index is -1.98. The summed E-state index contributed by atoms with van der Waals surface area (Å²) in [6.45, 7) is 14.7. The molecule has 15 rings (SSSR count). The molecule has 0 atom stereocenters. The molecule has 3 aromatic heterocycles. The van der Waals surface area contributed by atoms with E-state index in [2.05, 4.69) is 255 Å². The number of hydrogen-bond acceptors (Lipinski definition) is 5. The first-order chi connectivity index (χ1) is 37.4. The fraction of sp³-hybridized carbons (Fsp3) is 0.0857. The van der Waals surface area contributed by atoms with Crippen molar-refractivity contribution in [3.63, 3.8) is 0 Å². The zero-order chi connectivity index (χ0) is 51.9. The van der Waals surface area contributed by atoms with Crippen molar-refractivity contribution in [2.24, 2.45) is 0 Å². The molecule has 77 heavy (non-hydrogen) atoms. The van der Waals surface area contributed by atoms with Gasteiger partial charge in [0.1, 0.15) is 22.3 Å². The highest BCUT2D eigenvalue weighted by atomic mass is 28.3. The molecule has 370 valence electrons. The molecule has 0 saturated carbocycles. The molecule has 15 aromatic rings. The Hall–Kier alpha value is -8.89. The fourth-order valence-electron chi connectivity index (χ4n) is 12.6. The zero-order valence-electron chi connectivity index (χ0n) is 43.9. The first-order valence-corrected chi connectivity index (χ1v) is 33.7. The van der Waals surface area contributed by atoms with Gasteiger partial charge in [0.15, 0.2) is 11.2 Å². The van der Waals surface area contributed by atoms with Crippen LogP contribution < -0.4 is 20.2 Å². The summed E-state index contributed by atoms with van der Waals surface area (Å²) in [5, 5.41) is 19.1. The van der Waals surface area contributed by atoms with E-state index in [1.54, 1.807) is 0 Å². The average molecular weight is 1030 g/mol. The van der Waals surface area contributed by atoms with E-state index >= 15 is 0 Å². The van der Waals surface area contributed by atoms with Crippen LogP contribution in [0.1, 0.15) is 0 Å². The molecule has 3 heterocycles. The van der Waals surface area contributed by atoms with Gasteiger partial charge in [-0.15, -0.1) is 0 Å². The van der Waals surface area contributed by atoms with Crippen LogP contribution in [0.4, 0.5) is 34.1 Å². The highest BCUT2D eigenvalue weighted by Crippen LogP contribution is 2.47. The highest BCUT2D eigenvalue weighted by molar-refractivity contribution is 6.92. The van der Waals surface area contributed by atoms with Crippen LogP contribution in [-0.4, -0.2) is 16.1 Å². The van der Waals surface area contributed by atoms with Gasteiger partial charge in [0.25, 0.3) is 0 Å². The Morgan fingerprint density at radius 2 is 0.649 bits per heavy atom. The number of rotatable bonds is 8. The van der Waals surface area contributed by atoms with E-state index in [4.69, 9.17) is 13.3 Å². The van der Waals surface area contributed by atoms with Crippen LogP contribution in [0.2, 0.25) is 39.3 Å². The smallest absolute Gasteiger partial charge is 0.159 e. The van der Waals surface area contributed by atoms with E-state index in [0.717, 1.165) is 110 Å².